The predicted molar refractivity (Wildman–Crippen MR) is 465 cm³/mol. The normalized spacial score (nSPS) is 12.1. The molecule has 0 aliphatic rings. The zero-order chi connectivity index (χ0) is 71.9. The summed E-state index contributed by atoms with van der Waals surface area (Å²) >= 11 is 0. The summed E-state index contributed by atoms with van der Waals surface area (Å²) in [6.45, 7) is 0. The highest BCUT2D eigenvalue weighted by molar-refractivity contribution is 7.22. The average molecular weight is 1440 g/mol. The molecule has 4 nitrogen and oxygen atoms in total. The van der Waals surface area contributed by atoms with Crippen LogP contribution in [0.15, 0.2) is 449 Å². The molecule has 0 amide bonds. The Morgan fingerprint density at radius 3 is 0.444 bits per heavy atom. The maximum atomic E-state index is 5.44. The van der Waals surface area contributed by atoms with Crippen molar-refractivity contribution >= 4 is 159 Å². The van der Waals surface area contributed by atoms with E-state index in [-0.39, 0.29) is 0 Å². The molecule has 8 heteroatoms. The molecule has 3 aromatic heterocycles. The van der Waals surface area contributed by atoms with Crippen molar-refractivity contribution in [3.8, 4) is 11.6 Å². The monoisotopic (exact) mass is 1440 g/mol. The van der Waals surface area contributed by atoms with Gasteiger partial charge in [0.05, 0.1) is 22.1 Å². The lowest BCUT2D eigenvalue weighted by Gasteiger charge is -2.34. The quantitative estimate of drug-likeness (QED) is 0.0634. The van der Waals surface area contributed by atoms with Crippen molar-refractivity contribution in [1.29, 1.82) is 0 Å². The van der Waals surface area contributed by atoms with Crippen molar-refractivity contribution in [2.75, 3.05) is 0 Å². The Kier molecular flexibility index (Phi) is 17.0. The first-order chi connectivity index (χ1) is 53.6. The van der Waals surface area contributed by atoms with Crippen molar-refractivity contribution in [3.05, 3.63) is 449 Å². The molecular weight excluding hydrogens is 1370 g/mol. The van der Waals surface area contributed by atoms with E-state index in [1.165, 1.54) is 83.0 Å². The zero-order valence-corrected chi connectivity index (χ0v) is 63.5. The second kappa shape index (κ2) is 27.8. The molecule has 0 fully saturated rings. The molecule has 0 saturated carbocycles. The van der Waals surface area contributed by atoms with Crippen LogP contribution in [-0.4, -0.2) is 51.4 Å². The van der Waals surface area contributed by atoms with E-state index in [9.17, 15) is 0 Å². The molecule has 0 aliphatic heterocycles. The third kappa shape index (κ3) is 10.6. The van der Waals surface area contributed by atoms with Gasteiger partial charge in [-0.15, -0.1) is 0 Å². The molecular formula is C100H74N4Si4. The van der Waals surface area contributed by atoms with E-state index >= 15 is 0 Å². The molecule has 16 aromatic carbocycles. The fourth-order valence-corrected chi connectivity index (χ4v) is 37.4. The third-order valence-electron chi connectivity index (χ3n) is 22.8. The molecule has 0 N–H and O–H groups in total. The number of nitrogens with zero attached hydrogens (tertiary/aromatic N) is 4. The first-order valence-electron chi connectivity index (χ1n) is 37.3. The van der Waals surface area contributed by atoms with Crippen LogP contribution in [0.3, 0.4) is 0 Å². The minimum absolute atomic E-state index is 0.770. The number of hydrogen-bond donors (Lipinski definition) is 0. The molecule has 0 bridgehead atoms. The highest BCUT2D eigenvalue weighted by atomic mass is 28.3. The molecule has 0 radical (unpaired) electrons. The van der Waals surface area contributed by atoms with E-state index in [0.29, 0.717) is 0 Å². The Balaban J connectivity index is 0.902. The van der Waals surface area contributed by atoms with Crippen molar-refractivity contribution < 1.29 is 0 Å². The molecule has 108 heavy (non-hydrogen) atoms. The Hall–Kier alpha value is -12.9. The van der Waals surface area contributed by atoms with Gasteiger partial charge in [-0.2, -0.15) is 0 Å². The summed E-state index contributed by atoms with van der Waals surface area (Å²) in [5.74, 6) is 1.54. The van der Waals surface area contributed by atoms with Crippen LogP contribution in [0.4, 0.5) is 0 Å². The summed E-state index contributed by atoms with van der Waals surface area (Å²) in [7, 11) is -12.2. The first-order valence-corrected chi connectivity index (χ1v) is 45.3. The lowest BCUT2D eigenvalue weighted by molar-refractivity contribution is 0.987. The summed E-state index contributed by atoms with van der Waals surface area (Å²) in [5, 5.41) is 25.7. The summed E-state index contributed by atoms with van der Waals surface area (Å²) in [4.78, 5) is 10.9. The van der Waals surface area contributed by atoms with Gasteiger partial charge in [0.2, 0.25) is 0 Å². The molecule has 0 aliphatic carbocycles. The van der Waals surface area contributed by atoms with Gasteiger partial charge in [0.1, 0.15) is 18.0 Å². The second-order valence-electron chi connectivity index (χ2n) is 28.2. The first kappa shape index (κ1) is 65.8. The smallest absolute Gasteiger partial charge is 0.179 e. The van der Waals surface area contributed by atoms with E-state index in [1.807, 2.05) is 0 Å². The molecule has 3 heterocycles. The number of fused-ring (bicyclic) bond motifs is 6. The molecule has 0 saturated heterocycles. The molecule has 0 atom stereocenters. The van der Waals surface area contributed by atoms with Gasteiger partial charge in [0.25, 0.3) is 0 Å². The minimum atomic E-state index is -3.05. The largest absolute Gasteiger partial charge is 0.294 e. The number of benzene rings is 16. The van der Waals surface area contributed by atoms with Crippen molar-refractivity contribution in [1.82, 2.24) is 19.1 Å². The van der Waals surface area contributed by atoms with Crippen LogP contribution in [0.25, 0.3) is 55.2 Å². The number of aromatic nitrogens is 4. The third-order valence-corrected chi connectivity index (χ3v) is 41.9. The van der Waals surface area contributed by atoms with Crippen LogP contribution in [0, 0.1) is 0 Å². The van der Waals surface area contributed by atoms with Crippen LogP contribution in [0.2, 0.25) is 0 Å². The highest BCUT2D eigenvalue weighted by Gasteiger charge is 2.46. The topological polar surface area (TPSA) is 35.6 Å². The van der Waals surface area contributed by atoms with Gasteiger partial charge < -0.3 is 0 Å². The SMILES string of the molecule is c1ccc([Si](c2ccccc2)(c2ccccc2)c2ccc3c(c2)c2cc([Si](c4ccccc4)(c4ccccc4)c4ccccc4)ccc2n3-c2cc(-n3c4ccc([Si](c5ccccc5)(c5ccccc5)c5ccccc5)cc4c4cc([Si](c5ccccc5)(c5ccccc5)c5ccccc5)ccc43)ncn2)cc1. The van der Waals surface area contributed by atoms with Gasteiger partial charge in [-0.05, 0) is 107 Å². The van der Waals surface area contributed by atoms with Crippen LogP contribution >= 0.6 is 0 Å². The highest BCUT2D eigenvalue weighted by Crippen LogP contribution is 2.36. The summed E-state index contributed by atoms with van der Waals surface area (Å²) in [5.41, 5.74) is 4.24. The van der Waals surface area contributed by atoms with Gasteiger partial charge in [-0.3, -0.25) is 9.13 Å². The van der Waals surface area contributed by atoms with E-state index in [0.717, 1.165) is 55.2 Å². The summed E-state index contributed by atoms with van der Waals surface area (Å²) in [6, 6.07) is 167. The van der Waals surface area contributed by atoms with Crippen molar-refractivity contribution in [2.24, 2.45) is 0 Å². The fraction of sp³-hybridized carbons (Fsp3) is 0. The standard InChI is InChI=1S/C100H74N4Si4/c1-13-37-75(38-14-1)105(76-39-15-2-16-40-76,77-41-17-3-18-42-77)87-61-65-95-91(69-87)92-70-88(106(78-43-19-4-20-44-78,79-45-21-5-22-46-79)80-47-23-6-24-48-80)62-66-96(92)103(95)99-73-100(102-74-101-99)104-97-67-63-89(107(81-49-25-7-26-50-81,82-51-27-8-28-52-82)83-53-29-9-30-54-83)71-93(97)94-72-90(64-68-98(94)104)108(84-55-31-10-32-56-84,85-57-33-11-34-58-85)86-59-35-12-36-60-86/h1-74H. The number of rotatable bonds is 18. The molecule has 0 unspecified atom stereocenters. The van der Waals surface area contributed by atoms with Crippen LogP contribution in [-0.2, 0) is 0 Å². The van der Waals surface area contributed by atoms with E-state index in [2.05, 4.69) is 452 Å². The lowest BCUT2D eigenvalue weighted by atomic mass is 10.1. The van der Waals surface area contributed by atoms with Crippen LogP contribution < -0.4 is 83.0 Å². The van der Waals surface area contributed by atoms with Crippen molar-refractivity contribution in [2.45, 2.75) is 0 Å². The Labute approximate surface area is 634 Å². The maximum absolute atomic E-state index is 5.44. The molecule has 19 rings (SSSR count). The predicted octanol–water partition coefficient (Wildman–Crippen LogP) is 12.2. The minimum Gasteiger partial charge on any atom is -0.294 e. The number of hydrogen-bond acceptors (Lipinski definition) is 2. The van der Waals surface area contributed by atoms with Crippen LogP contribution in [0.5, 0.6) is 0 Å². The summed E-state index contributed by atoms with van der Waals surface area (Å²) in [6.07, 6.45) is 1.79. The van der Waals surface area contributed by atoms with E-state index < -0.39 is 32.3 Å². The molecule has 510 valence electrons. The summed E-state index contributed by atoms with van der Waals surface area (Å²) < 4.78 is 4.83. The van der Waals surface area contributed by atoms with E-state index in [1.54, 1.807) is 6.33 Å². The fourth-order valence-electron chi connectivity index (χ4n) is 18.3. The second-order valence-corrected chi connectivity index (χ2v) is 43.5. The zero-order valence-electron chi connectivity index (χ0n) is 59.5. The average Bonchev–Trinajstić information content (AvgIpc) is 1.28. The molecule has 0 spiro atoms. The van der Waals surface area contributed by atoms with Gasteiger partial charge in [-0.1, -0.05) is 413 Å². The van der Waals surface area contributed by atoms with E-state index in [4.69, 9.17) is 9.97 Å². The van der Waals surface area contributed by atoms with Gasteiger partial charge in [0, 0.05) is 27.6 Å². The lowest BCUT2D eigenvalue weighted by Crippen LogP contribution is -2.74. The maximum Gasteiger partial charge on any atom is 0.179 e. The Bertz CT molecular complexity index is 5240. The molecule has 19 aromatic rings. The van der Waals surface area contributed by atoms with Gasteiger partial charge in [0.15, 0.2) is 32.3 Å². The van der Waals surface area contributed by atoms with Crippen molar-refractivity contribution in [3.63, 3.8) is 0 Å². The van der Waals surface area contributed by atoms with Gasteiger partial charge in [-0.25, -0.2) is 9.97 Å². The van der Waals surface area contributed by atoms with Crippen LogP contribution in [0.1, 0.15) is 0 Å². The Morgan fingerprint density at radius 1 is 0.148 bits per heavy atom. The Morgan fingerprint density at radius 2 is 0.296 bits per heavy atom. The van der Waals surface area contributed by atoms with Gasteiger partial charge >= 0.3 is 0 Å².